The molecule has 0 N–H and O–H groups in total. The molecule has 0 fully saturated rings. The normalized spacial score (nSPS) is 11.4. The van der Waals surface area contributed by atoms with Gasteiger partial charge in [-0.2, -0.15) is 10.0 Å². The van der Waals surface area contributed by atoms with E-state index in [4.69, 9.17) is 9.47 Å². The van der Waals surface area contributed by atoms with Crippen molar-refractivity contribution in [3.05, 3.63) is 35.0 Å². The van der Waals surface area contributed by atoms with Gasteiger partial charge in [0.25, 0.3) is 0 Å². The number of rotatable bonds is 6. The molecule has 7 heteroatoms. The third-order valence-electron chi connectivity index (χ3n) is 2.83. The number of fused-ring (bicyclic) bond motifs is 1. The molecule has 0 saturated heterocycles. The molecule has 0 amide bonds. The molecule has 0 atom stereocenters. The predicted octanol–water partition coefficient (Wildman–Crippen LogP) is 2.43. The fraction of sp³-hybridized carbons (Fsp3) is 0.429. The first kappa shape index (κ1) is 15.0. The van der Waals surface area contributed by atoms with Crippen molar-refractivity contribution in [3.8, 4) is 5.75 Å². The van der Waals surface area contributed by atoms with Gasteiger partial charge in [0.1, 0.15) is 23.5 Å². The number of carbonyl (C=O) groups is 1. The molecule has 0 radical (unpaired) electrons. The highest BCUT2D eigenvalue weighted by atomic mass is 16.5. The predicted molar refractivity (Wildman–Crippen MR) is 76.5 cm³/mol. The summed E-state index contributed by atoms with van der Waals surface area (Å²) in [5, 5.41) is 7.07. The lowest BCUT2D eigenvalue weighted by Crippen LogP contribution is -2.25. The van der Waals surface area contributed by atoms with Crippen LogP contribution in [0, 0.1) is 4.91 Å². The van der Waals surface area contributed by atoms with E-state index in [1.807, 2.05) is 0 Å². The molecule has 112 valence electrons. The van der Waals surface area contributed by atoms with E-state index in [1.54, 1.807) is 43.6 Å². The molecule has 0 aromatic carbocycles. The zero-order chi connectivity index (χ0) is 15.5. The monoisotopic (exact) mass is 291 g/mol. The molecular formula is C14H17N3O4. The first-order valence-corrected chi connectivity index (χ1v) is 6.58. The molecule has 0 aliphatic carbocycles. The van der Waals surface area contributed by atoms with E-state index in [0.29, 0.717) is 23.4 Å². The van der Waals surface area contributed by atoms with Crippen LogP contribution in [-0.2, 0) is 4.74 Å². The molecule has 7 nitrogen and oxygen atoms in total. The first-order valence-electron chi connectivity index (χ1n) is 6.58. The van der Waals surface area contributed by atoms with Gasteiger partial charge in [-0.05, 0) is 26.8 Å². The number of hydrogen-bond donors (Lipinski definition) is 0. The second kappa shape index (κ2) is 5.90. The molecule has 0 saturated carbocycles. The van der Waals surface area contributed by atoms with Crippen LogP contribution in [-0.4, -0.2) is 34.3 Å². The van der Waals surface area contributed by atoms with Gasteiger partial charge in [-0.1, -0.05) is 5.18 Å². The van der Waals surface area contributed by atoms with Crippen LogP contribution in [0.4, 0.5) is 0 Å². The molecule has 2 aromatic heterocycles. The number of carbonyl (C=O) groups excluding carboxylic acids is 1. The number of hydrogen-bond acceptors (Lipinski definition) is 6. The van der Waals surface area contributed by atoms with Crippen molar-refractivity contribution < 1.29 is 14.3 Å². The molecular weight excluding hydrogens is 274 g/mol. The Bertz CT molecular complexity index is 663. The van der Waals surface area contributed by atoms with E-state index in [2.05, 4.69) is 10.3 Å². The zero-order valence-electron chi connectivity index (χ0n) is 12.2. The average Bonchev–Trinajstić information content (AvgIpc) is 2.88. The van der Waals surface area contributed by atoms with Crippen molar-refractivity contribution in [2.45, 2.75) is 26.3 Å². The van der Waals surface area contributed by atoms with Gasteiger partial charge in [0, 0.05) is 12.3 Å². The zero-order valence-corrected chi connectivity index (χ0v) is 12.2. The van der Waals surface area contributed by atoms with Gasteiger partial charge in [0.05, 0.1) is 18.3 Å². The van der Waals surface area contributed by atoms with Gasteiger partial charge in [-0.15, -0.1) is 0 Å². The smallest absolute Gasteiger partial charge is 0.341 e. The summed E-state index contributed by atoms with van der Waals surface area (Å²) in [6.45, 7) is 5.55. The molecule has 21 heavy (non-hydrogen) atoms. The Morgan fingerprint density at radius 3 is 2.90 bits per heavy atom. The Kier molecular flexibility index (Phi) is 4.21. The minimum atomic E-state index is -0.809. The molecule has 0 bridgehead atoms. The highest BCUT2D eigenvalue weighted by Crippen LogP contribution is 2.20. The Labute approximate surface area is 121 Å². The molecule has 2 heterocycles. The summed E-state index contributed by atoms with van der Waals surface area (Å²) in [7, 11) is 0. The first-order chi connectivity index (χ1) is 9.96. The fourth-order valence-corrected chi connectivity index (χ4v) is 1.70. The minimum absolute atomic E-state index is 0.148. The lowest BCUT2D eigenvalue weighted by Gasteiger charge is -2.16. The summed E-state index contributed by atoms with van der Waals surface area (Å²) >= 11 is 0. The third-order valence-corrected chi connectivity index (χ3v) is 2.83. The number of ether oxygens (including phenoxy) is 2. The van der Waals surface area contributed by atoms with Crippen LogP contribution in [0.3, 0.4) is 0 Å². The van der Waals surface area contributed by atoms with E-state index >= 15 is 0 Å². The molecule has 2 aromatic rings. The van der Waals surface area contributed by atoms with Crippen LogP contribution in [0.1, 0.15) is 31.1 Å². The maximum Gasteiger partial charge on any atom is 0.341 e. The third kappa shape index (κ3) is 3.36. The van der Waals surface area contributed by atoms with Gasteiger partial charge < -0.3 is 9.47 Å². The maximum atomic E-state index is 11.8. The SMILES string of the molecule is CCOC(=O)c1cnn2ccc(OCC(C)(C)N=O)cc12. The summed E-state index contributed by atoms with van der Waals surface area (Å²) in [4.78, 5) is 22.5. The summed E-state index contributed by atoms with van der Waals surface area (Å²) in [6, 6.07) is 3.38. The lowest BCUT2D eigenvalue weighted by molar-refractivity contribution is 0.0528. The Morgan fingerprint density at radius 1 is 1.48 bits per heavy atom. The van der Waals surface area contributed by atoms with Gasteiger partial charge in [0.2, 0.25) is 0 Å². The molecule has 0 aliphatic rings. The average molecular weight is 291 g/mol. The number of nitroso groups, excluding NO2 is 1. The van der Waals surface area contributed by atoms with E-state index in [-0.39, 0.29) is 6.61 Å². The van der Waals surface area contributed by atoms with Gasteiger partial charge in [0.15, 0.2) is 0 Å². The van der Waals surface area contributed by atoms with E-state index in [1.165, 1.54) is 6.20 Å². The Hall–Kier alpha value is -2.44. The topological polar surface area (TPSA) is 82.3 Å². The molecule has 0 aliphatic heterocycles. The Balaban J connectivity index is 2.25. The largest absolute Gasteiger partial charge is 0.491 e. The second-order valence-corrected chi connectivity index (χ2v) is 5.16. The molecule has 0 spiro atoms. The lowest BCUT2D eigenvalue weighted by atomic mass is 10.1. The van der Waals surface area contributed by atoms with E-state index < -0.39 is 11.5 Å². The summed E-state index contributed by atoms with van der Waals surface area (Å²) in [5.74, 6) is 0.102. The summed E-state index contributed by atoms with van der Waals surface area (Å²) < 4.78 is 12.1. The molecule has 0 unspecified atom stereocenters. The van der Waals surface area contributed by atoms with Crippen LogP contribution < -0.4 is 4.74 Å². The van der Waals surface area contributed by atoms with Gasteiger partial charge >= 0.3 is 5.97 Å². The number of nitrogens with zero attached hydrogens (tertiary/aromatic N) is 3. The van der Waals surface area contributed by atoms with Crippen LogP contribution >= 0.6 is 0 Å². The highest BCUT2D eigenvalue weighted by Gasteiger charge is 2.20. The quantitative estimate of drug-likeness (QED) is 0.603. The summed E-state index contributed by atoms with van der Waals surface area (Å²) in [6.07, 6.45) is 3.13. The molecule has 2 rings (SSSR count). The Morgan fingerprint density at radius 2 is 2.24 bits per heavy atom. The van der Waals surface area contributed by atoms with Crippen molar-refractivity contribution in [2.75, 3.05) is 13.2 Å². The van der Waals surface area contributed by atoms with Crippen LogP contribution in [0.25, 0.3) is 5.52 Å². The van der Waals surface area contributed by atoms with E-state index in [0.717, 1.165) is 0 Å². The van der Waals surface area contributed by atoms with Crippen molar-refractivity contribution in [1.29, 1.82) is 0 Å². The maximum absolute atomic E-state index is 11.8. The van der Waals surface area contributed by atoms with Crippen LogP contribution in [0.15, 0.2) is 29.7 Å². The minimum Gasteiger partial charge on any atom is -0.491 e. The van der Waals surface area contributed by atoms with Crippen molar-refractivity contribution in [2.24, 2.45) is 5.18 Å². The van der Waals surface area contributed by atoms with Gasteiger partial charge in [-0.3, -0.25) is 0 Å². The second-order valence-electron chi connectivity index (χ2n) is 5.16. The number of esters is 1. The standard InChI is InChI=1S/C14H17N3O4/c1-4-20-13(18)11-8-15-17-6-5-10(7-12(11)17)21-9-14(2,3)16-19/h5-8H,4,9H2,1-3H3. The van der Waals surface area contributed by atoms with Crippen molar-refractivity contribution >= 4 is 11.5 Å². The van der Waals surface area contributed by atoms with Gasteiger partial charge in [-0.25, -0.2) is 9.31 Å². The van der Waals surface area contributed by atoms with Crippen molar-refractivity contribution in [1.82, 2.24) is 9.61 Å². The number of pyridine rings is 1. The number of aromatic nitrogens is 2. The van der Waals surface area contributed by atoms with Crippen molar-refractivity contribution in [3.63, 3.8) is 0 Å². The van der Waals surface area contributed by atoms with Crippen LogP contribution in [0.2, 0.25) is 0 Å². The summed E-state index contributed by atoms with van der Waals surface area (Å²) in [5.41, 5.74) is 0.147. The van der Waals surface area contributed by atoms with E-state index in [9.17, 15) is 9.70 Å². The highest BCUT2D eigenvalue weighted by molar-refractivity contribution is 5.96. The fourth-order valence-electron chi connectivity index (χ4n) is 1.70. The van der Waals surface area contributed by atoms with Crippen LogP contribution in [0.5, 0.6) is 5.75 Å².